The van der Waals surface area contributed by atoms with Crippen LogP contribution in [0.5, 0.6) is 0 Å². The fraction of sp³-hybridized carbons (Fsp3) is 0.688. The van der Waals surface area contributed by atoms with Crippen LogP contribution < -0.4 is 5.32 Å². The molecule has 7 heteroatoms. The molecule has 0 aliphatic carbocycles. The van der Waals surface area contributed by atoms with Crippen molar-refractivity contribution in [3.05, 3.63) is 11.8 Å². The first-order valence-electron chi connectivity index (χ1n) is 8.27. The van der Waals surface area contributed by atoms with Gasteiger partial charge in [0.15, 0.2) is 0 Å². The van der Waals surface area contributed by atoms with Gasteiger partial charge in [0.2, 0.25) is 6.10 Å². The Kier molecular flexibility index (Phi) is 4.95. The Morgan fingerprint density at radius 2 is 2.22 bits per heavy atom. The molecule has 1 amide bonds. The number of hydrogen-bond acceptors (Lipinski definition) is 5. The molecule has 126 valence electrons. The van der Waals surface area contributed by atoms with Crippen molar-refractivity contribution in [2.45, 2.75) is 45.6 Å². The summed E-state index contributed by atoms with van der Waals surface area (Å²) in [5, 5.41) is 13.9. The lowest BCUT2D eigenvalue weighted by Crippen LogP contribution is -2.30. The topological polar surface area (TPSA) is 88.6 Å². The van der Waals surface area contributed by atoms with Crippen molar-refractivity contribution in [1.82, 2.24) is 10.2 Å². The van der Waals surface area contributed by atoms with Gasteiger partial charge in [0.05, 0.1) is 11.9 Å². The number of anilines is 1. The molecule has 3 rings (SSSR count). The second kappa shape index (κ2) is 7.12. The Morgan fingerprint density at radius 3 is 2.96 bits per heavy atom. The summed E-state index contributed by atoms with van der Waals surface area (Å²) in [6, 6.07) is 0. The smallest absolute Gasteiger partial charge is 0.269 e. The van der Waals surface area contributed by atoms with Gasteiger partial charge in [-0.25, -0.2) is 0 Å². The number of amides is 1. The number of carbonyl (C=O) groups is 1. The summed E-state index contributed by atoms with van der Waals surface area (Å²) in [5.74, 6) is 1.36. The summed E-state index contributed by atoms with van der Waals surface area (Å²) < 4.78 is 5.36. The summed E-state index contributed by atoms with van der Waals surface area (Å²) in [6.45, 7) is 5.78. The zero-order chi connectivity index (χ0) is 16.2. The van der Waals surface area contributed by atoms with E-state index in [4.69, 9.17) is 9.57 Å². The van der Waals surface area contributed by atoms with Gasteiger partial charge in [-0.15, -0.1) is 0 Å². The summed E-state index contributed by atoms with van der Waals surface area (Å²) in [5.41, 5.74) is 2.00. The highest BCUT2D eigenvalue weighted by Gasteiger charge is 2.33. The molecule has 23 heavy (non-hydrogen) atoms. The maximum absolute atomic E-state index is 12.4. The Labute approximate surface area is 135 Å². The number of rotatable bonds is 5. The molecule has 0 radical (unpaired) electrons. The third-order valence-corrected chi connectivity index (χ3v) is 4.27. The van der Waals surface area contributed by atoms with Gasteiger partial charge in [-0.2, -0.15) is 5.10 Å². The first-order chi connectivity index (χ1) is 11.1. The zero-order valence-electron chi connectivity index (χ0n) is 13.7. The van der Waals surface area contributed by atoms with Crippen LogP contribution >= 0.6 is 0 Å². The Balaban J connectivity index is 1.55. The van der Waals surface area contributed by atoms with Gasteiger partial charge in [0, 0.05) is 31.1 Å². The van der Waals surface area contributed by atoms with Crippen LogP contribution in [0.4, 0.5) is 5.82 Å². The van der Waals surface area contributed by atoms with E-state index in [-0.39, 0.29) is 5.91 Å². The third kappa shape index (κ3) is 3.90. The van der Waals surface area contributed by atoms with Gasteiger partial charge in [0.1, 0.15) is 5.82 Å². The molecule has 1 atom stereocenters. The molecule has 0 saturated carbocycles. The van der Waals surface area contributed by atoms with Crippen molar-refractivity contribution < 1.29 is 14.4 Å². The Hall–Kier alpha value is -1.89. The van der Waals surface area contributed by atoms with E-state index < -0.39 is 6.10 Å². The van der Waals surface area contributed by atoms with Crippen LogP contribution in [-0.4, -0.2) is 41.1 Å². The largest absolute Gasteiger partial charge is 0.382 e. The molecule has 1 saturated heterocycles. The third-order valence-electron chi connectivity index (χ3n) is 4.27. The number of carbonyl (C=O) groups excluding carboxylic acids is 1. The number of aromatic nitrogens is 2. The van der Waals surface area contributed by atoms with E-state index in [0.29, 0.717) is 24.1 Å². The number of ether oxygens (including phenoxy) is 1. The normalized spacial score (nSPS) is 22.0. The standard InChI is InChI=1S/C16H24N4O3/c1-10(2)7-12-9-17-19-15(12)18-16(21)14-8-13(20-23-14)11-3-5-22-6-4-11/h9-11,14H,3-8H2,1-2H3,(H2,17,18,19,21). The average molecular weight is 320 g/mol. The fourth-order valence-electron chi connectivity index (χ4n) is 3.03. The van der Waals surface area contributed by atoms with Crippen LogP contribution in [0.1, 0.15) is 38.7 Å². The predicted molar refractivity (Wildman–Crippen MR) is 86.2 cm³/mol. The summed E-state index contributed by atoms with van der Waals surface area (Å²) >= 11 is 0. The van der Waals surface area contributed by atoms with Gasteiger partial charge in [-0.05, 0) is 25.2 Å². The quantitative estimate of drug-likeness (QED) is 0.869. The van der Waals surface area contributed by atoms with Crippen LogP contribution in [0.3, 0.4) is 0 Å². The summed E-state index contributed by atoms with van der Waals surface area (Å²) in [7, 11) is 0. The number of hydrogen-bond donors (Lipinski definition) is 2. The Bertz CT molecular complexity index is 576. The zero-order valence-corrected chi connectivity index (χ0v) is 13.7. The Morgan fingerprint density at radius 1 is 1.43 bits per heavy atom. The van der Waals surface area contributed by atoms with E-state index in [9.17, 15) is 4.79 Å². The molecular formula is C16H24N4O3. The minimum absolute atomic E-state index is 0.176. The van der Waals surface area contributed by atoms with Gasteiger partial charge in [-0.3, -0.25) is 9.89 Å². The van der Waals surface area contributed by atoms with Crippen LogP contribution in [-0.2, 0) is 20.8 Å². The van der Waals surface area contributed by atoms with Crippen molar-refractivity contribution in [3.8, 4) is 0 Å². The van der Waals surface area contributed by atoms with E-state index in [1.54, 1.807) is 6.20 Å². The highest BCUT2D eigenvalue weighted by Crippen LogP contribution is 2.25. The number of nitrogens with one attached hydrogen (secondary N) is 2. The first-order valence-corrected chi connectivity index (χ1v) is 8.27. The van der Waals surface area contributed by atoms with Crippen LogP contribution in [0, 0.1) is 11.8 Å². The van der Waals surface area contributed by atoms with E-state index in [2.05, 4.69) is 34.5 Å². The van der Waals surface area contributed by atoms with Crippen LogP contribution in [0.2, 0.25) is 0 Å². The van der Waals surface area contributed by atoms with E-state index in [1.807, 2.05) is 0 Å². The number of H-pyrrole nitrogens is 1. The molecule has 1 unspecified atom stereocenters. The molecule has 0 spiro atoms. The molecule has 7 nitrogen and oxygen atoms in total. The minimum atomic E-state index is -0.553. The highest BCUT2D eigenvalue weighted by atomic mass is 16.6. The predicted octanol–water partition coefficient (Wildman–Crippen LogP) is 2.12. The van der Waals surface area contributed by atoms with Crippen molar-refractivity contribution >= 4 is 17.4 Å². The lowest BCUT2D eigenvalue weighted by Gasteiger charge is -2.21. The molecule has 0 aromatic carbocycles. The van der Waals surface area contributed by atoms with Gasteiger partial charge >= 0.3 is 0 Å². The molecule has 1 aromatic heterocycles. The maximum Gasteiger partial charge on any atom is 0.269 e. The van der Waals surface area contributed by atoms with E-state index in [0.717, 1.165) is 43.8 Å². The molecule has 2 aliphatic rings. The molecule has 0 bridgehead atoms. The van der Waals surface area contributed by atoms with Gasteiger partial charge in [0.25, 0.3) is 5.91 Å². The lowest BCUT2D eigenvalue weighted by atomic mass is 9.91. The molecule has 1 aromatic rings. The maximum atomic E-state index is 12.4. The lowest BCUT2D eigenvalue weighted by molar-refractivity contribution is -0.125. The van der Waals surface area contributed by atoms with Crippen molar-refractivity contribution in [2.75, 3.05) is 18.5 Å². The molecule has 2 aliphatic heterocycles. The monoisotopic (exact) mass is 320 g/mol. The summed E-state index contributed by atoms with van der Waals surface area (Å²) in [4.78, 5) is 17.7. The molecule has 2 N–H and O–H groups in total. The number of oxime groups is 1. The number of nitrogens with zero attached hydrogens (tertiary/aromatic N) is 2. The minimum Gasteiger partial charge on any atom is -0.382 e. The SMILES string of the molecule is CC(C)Cc1cn[nH]c1NC(=O)C1CC(C2CCOCC2)=NO1. The highest BCUT2D eigenvalue weighted by molar-refractivity contribution is 5.99. The molecule has 1 fully saturated rings. The molecular weight excluding hydrogens is 296 g/mol. The summed E-state index contributed by atoms with van der Waals surface area (Å²) in [6.07, 6.45) is 4.54. The van der Waals surface area contributed by atoms with Crippen LogP contribution in [0.25, 0.3) is 0 Å². The van der Waals surface area contributed by atoms with Crippen LogP contribution in [0.15, 0.2) is 11.4 Å². The van der Waals surface area contributed by atoms with Crippen molar-refractivity contribution in [3.63, 3.8) is 0 Å². The van der Waals surface area contributed by atoms with Crippen molar-refractivity contribution in [1.29, 1.82) is 0 Å². The molecule has 3 heterocycles. The number of aromatic amines is 1. The van der Waals surface area contributed by atoms with Crippen molar-refractivity contribution in [2.24, 2.45) is 17.0 Å². The second-order valence-corrected chi connectivity index (χ2v) is 6.62. The van der Waals surface area contributed by atoms with E-state index >= 15 is 0 Å². The average Bonchev–Trinajstić information content (AvgIpc) is 3.18. The second-order valence-electron chi connectivity index (χ2n) is 6.62. The van der Waals surface area contributed by atoms with Gasteiger partial charge in [-0.1, -0.05) is 19.0 Å². The fourth-order valence-corrected chi connectivity index (χ4v) is 3.03. The van der Waals surface area contributed by atoms with E-state index in [1.165, 1.54) is 0 Å². The van der Waals surface area contributed by atoms with Gasteiger partial charge < -0.3 is 14.9 Å². The first kappa shape index (κ1) is 16.0.